The lowest BCUT2D eigenvalue weighted by atomic mass is 10.2. The molecule has 5 nitrogen and oxygen atoms in total. The largest absolute Gasteiger partial charge is 0.461 e. The lowest BCUT2D eigenvalue weighted by Gasteiger charge is -1.98. The minimum Gasteiger partial charge on any atom is -0.461 e. The van der Waals surface area contributed by atoms with Gasteiger partial charge in [0.15, 0.2) is 5.69 Å². The highest BCUT2D eigenvalue weighted by molar-refractivity contribution is 5.91. The quantitative estimate of drug-likeness (QED) is 0.676. The Hall–Kier alpha value is -1.65. The van der Waals surface area contributed by atoms with E-state index in [-0.39, 0.29) is 5.69 Å². The molecule has 0 spiro atoms. The van der Waals surface area contributed by atoms with Gasteiger partial charge in [-0.15, -0.1) is 5.10 Å². The van der Waals surface area contributed by atoms with Crippen LogP contribution < -0.4 is 0 Å². The Bertz CT molecular complexity index is 368. The van der Waals surface area contributed by atoms with Gasteiger partial charge >= 0.3 is 5.97 Å². The summed E-state index contributed by atoms with van der Waals surface area (Å²) in [4.78, 5) is 12.7. The molecule has 0 atom stereocenters. The third-order valence-electron chi connectivity index (χ3n) is 1.59. The minimum absolute atomic E-state index is 0.224. The normalized spacial score (nSPS) is 9.93. The first-order valence-corrected chi connectivity index (χ1v) is 4.30. The first-order chi connectivity index (χ1) is 6.56. The smallest absolute Gasteiger partial charge is 0.361 e. The lowest BCUT2D eigenvalue weighted by Crippen LogP contribution is -2.08. The molecule has 0 aromatic carbocycles. The SMILES string of the molecule is C=C(C)c1nn(C)nc1C(=O)OCC. The molecule has 0 aliphatic rings. The summed E-state index contributed by atoms with van der Waals surface area (Å²) in [5.74, 6) is -0.460. The van der Waals surface area contributed by atoms with Gasteiger partial charge < -0.3 is 4.74 Å². The topological polar surface area (TPSA) is 57.0 Å². The van der Waals surface area contributed by atoms with Crippen LogP contribution in [0.15, 0.2) is 6.58 Å². The third kappa shape index (κ3) is 1.99. The van der Waals surface area contributed by atoms with Gasteiger partial charge in [0, 0.05) is 7.05 Å². The molecule has 0 aliphatic carbocycles. The van der Waals surface area contributed by atoms with E-state index in [1.165, 1.54) is 4.80 Å². The molecule has 0 fully saturated rings. The molecule has 0 amide bonds. The maximum Gasteiger partial charge on any atom is 0.361 e. The van der Waals surface area contributed by atoms with Crippen molar-refractivity contribution in [2.75, 3.05) is 6.61 Å². The molecule has 5 heteroatoms. The monoisotopic (exact) mass is 195 g/mol. The maximum atomic E-state index is 11.4. The number of hydrogen-bond donors (Lipinski definition) is 0. The molecule has 0 bridgehead atoms. The molecule has 1 aromatic rings. The molecule has 0 saturated carbocycles. The fourth-order valence-electron chi connectivity index (χ4n) is 1.03. The highest BCUT2D eigenvalue weighted by Crippen LogP contribution is 2.13. The van der Waals surface area contributed by atoms with Crippen molar-refractivity contribution in [3.63, 3.8) is 0 Å². The van der Waals surface area contributed by atoms with Gasteiger partial charge in [-0.1, -0.05) is 6.58 Å². The van der Waals surface area contributed by atoms with E-state index in [4.69, 9.17) is 4.74 Å². The molecular formula is C9H13N3O2. The van der Waals surface area contributed by atoms with Crippen molar-refractivity contribution in [1.29, 1.82) is 0 Å². The van der Waals surface area contributed by atoms with Gasteiger partial charge in [-0.05, 0) is 19.4 Å². The summed E-state index contributed by atoms with van der Waals surface area (Å²) in [6.45, 7) is 7.56. The van der Waals surface area contributed by atoms with Gasteiger partial charge in [-0.2, -0.15) is 9.90 Å². The average molecular weight is 195 g/mol. The summed E-state index contributed by atoms with van der Waals surface area (Å²) in [5.41, 5.74) is 1.41. The number of aromatic nitrogens is 3. The zero-order valence-electron chi connectivity index (χ0n) is 8.57. The van der Waals surface area contributed by atoms with Gasteiger partial charge in [0.25, 0.3) is 0 Å². The van der Waals surface area contributed by atoms with Crippen molar-refractivity contribution < 1.29 is 9.53 Å². The van der Waals surface area contributed by atoms with Crippen LogP contribution in [0.1, 0.15) is 30.0 Å². The Morgan fingerprint density at radius 1 is 1.50 bits per heavy atom. The van der Waals surface area contributed by atoms with Crippen LogP contribution in [0.4, 0.5) is 0 Å². The fraction of sp³-hybridized carbons (Fsp3) is 0.444. The number of rotatable bonds is 3. The van der Waals surface area contributed by atoms with E-state index in [1.807, 2.05) is 0 Å². The average Bonchev–Trinajstić information content (AvgIpc) is 2.48. The highest BCUT2D eigenvalue weighted by Gasteiger charge is 2.18. The van der Waals surface area contributed by atoms with Gasteiger partial charge in [0.1, 0.15) is 5.69 Å². The van der Waals surface area contributed by atoms with Gasteiger partial charge in [0.2, 0.25) is 0 Å². The van der Waals surface area contributed by atoms with Crippen LogP contribution in [0.25, 0.3) is 5.57 Å². The molecular weight excluding hydrogens is 182 g/mol. The molecule has 14 heavy (non-hydrogen) atoms. The second kappa shape index (κ2) is 4.04. The van der Waals surface area contributed by atoms with Crippen LogP contribution in [-0.4, -0.2) is 27.6 Å². The van der Waals surface area contributed by atoms with Crippen molar-refractivity contribution in [2.45, 2.75) is 13.8 Å². The van der Waals surface area contributed by atoms with Gasteiger partial charge in [-0.25, -0.2) is 4.79 Å². The van der Waals surface area contributed by atoms with E-state index in [9.17, 15) is 4.79 Å². The number of hydrogen-bond acceptors (Lipinski definition) is 4. The Kier molecular flexibility index (Phi) is 3.01. The zero-order valence-corrected chi connectivity index (χ0v) is 8.57. The molecule has 1 aromatic heterocycles. The molecule has 0 N–H and O–H groups in total. The Morgan fingerprint density at radius 2 is 2.07 bits per heavy atom. The first-order valence-electron chi connectivity index (χ1n) is 4.30. The number of aryl methyl sites for hydroxylation is 1. The second-order valence-corrected chi connectivity index (χ2v) is 2.89. The first kappa shape index (κ1) is 10.4. The fourth-order valence-corrected chi connectivity index (χ4v) is 1.03. The van der Waals surface area contributed by atoms with Crippen molar-refractivity contribution >= 4 is 11.5 Å². The predicted molar refractivity (Wildman–Crippen MR) is 51.7 cm³/mol. The summed E-state index contributed by atoms with van der Waals surface area (Å²) < 4.78 is 4.84. The van der Waals surface area contributed by atoms with Gasteiger partial charge in [0.05, 0.1) is 6.61 Å². The summed E-state index contributed by atoms with van der Waals surface area (Å²) in [6, 6.07) is 0. The highest BCUT2D eigenvalue weighted by atomic mass is 16.5. The standard InChI is InChI=1S/C9H13N3O2/c1-5-14-9(13)8-7(6(2)3)10-12(4)11-8/h2,5H2,1,3-4H3. The number of esters is 1. The summed E-state index contributed by atoms with van der Waals surface area (Å²) in [6.07, 6.45) is 0. The number of carbonyl (C=O) groups excluding carboxylic acids is 1. The molecule has 0 saturated heterocycles. The van der Waals surface area contributed by atoms with Crippen LogP contribution in [-0.2, 0) is 11.8 Å². The van der Waals surface area contributed by atoms with E-state index in [0.717, 1.165) is 0 Å². The van der Waals surface area contributed by atoms with Crippen molar-refractivity contribution in [1.82, 2.24) is 15.0 Å². The van der Waals surface area contributed by atoms with E-state index >= 15 is 0 Å². The van der Waals surface area contributed by atoms with Crippen molar-refractivity contribution in [3.05, 3.63) is 18.0 Å². The third-order valence-corrected chi connectivity index (χ3v) is 1.59. The Balaban J connectivity index is 3.06. The maximum absolute atomic E-state index is 11.4. The van der Waals surface area contributed by atoms with Crippen molar-refractivity contribution in [3.8, 4) is 0 Å². The number of ether oxygens (including phenoxy) is 1. The molecule has 0 radical (unpaired) electrons. The molecule has 1 rings (SSSR count). The number of nitrogens with zero attached hydrogens (tertiary/aromatic N) is 3. The van der Waals surface area contributed by atoms with Crippen LogP contribution >= 0.6 is 0 Å². The number of carbonyl (C=O) groups is 1. The second-order valence-electron chi connectivity index (χ2n) is 2.89. The summed E-state index contributed by atoms with van der Waals surface area (Å²) in [7, 11) is 1.65. The van der Waals surface area contributed by atoms with E-state index < -0.39 is 5.97 Å². The predicted octanol–water partition coefficient (Wildman–Crippen LogP) is 1.02. The van der Waals surface area contributed by atoms with Crippen LogP contribution in [0.2, 0.25) is 0 Å². The molecule has 0 unspecified atom stereocenters. The molecule has 0 aliphatic heterocycles. The molecule has 1 heterocycles. The lowest BCUT2D eigenvalue weighted by molar-refractivity contribution is 0.0518. The van der Waals surface area contributed by atoms with E-state index in [2.05, 4.69) is 16.8 Å². The Labute approximate surface area is 82.4 Å². The van der Waals surface area contributed by atoms with Crippen LogP contribution in [0.5, 0.6) is 0 Å². The van der Waals surface area contributed by atoms with Gasteiger partial charge in [-0.3, -0.25) is 0 Å². The van der Waals surface area contributed by atoms with Crippen LogP contribution in [0.3, 0.4) is 0 Å². The number of allylic oxidation sites excluding steroid dienone is 1. The summed E-state index contributed by atoms with van der Waals surface area (Å²) >= 11 is 0. The van der Waals surface area contributed by atoms with E-state index in [1.54, 1.807) is 20.9 Å². The summed E-state index contributed by atoms with van der Waals surface area (Å²) in [5, 5.41) is 7.94. The van der Waals surface area contributed by atoms with Crippen molar-refractivity contribution in [2.24, 2.45) is 7.05 Å². The minimum atomic E-state index is -0.460. The van der Waals surface area contributed by atoms with Crippen LogP contribution in [0, 0.1) is 0 Å². The Morgan fingerprint density at radius 3 is 2.57 bits per heavy atom. The molecule has 76 valence electrons. The zero-order chi connectivity index (χ0) is 10.7. The van der Waals surface area contributed by atoms with E-state index in [0.29, 0.717) is 17.9 Å².